The van der Waals surface area contributed by atoms with E-state index >= 15 is 0 Å². The first-order chi connectivity index (χ1) is 5.83. The van der Waals surface area contributed by atoms with Gasteiger partial charge in [-0.2, -0.15) is 0 Å². The molecule has 0 aliphatic carbocycles. The van der Waals surface area contributed by atoms with E-state index in [2.05, 4.69) is 52.3 Å². The van der Waals surface area contributed by atoms with Crippen molar-refractivity contribution in [2.24, 2.45) is 0 Å². The molecule has 0 aliphatic rings. The van der Waals surface area contributed by atoms with Gasteiger partial charge in [0.15, 0.2) is 0 Å². The van der Waals surface area contributed by atoms with E-state index in [1.165, 1.54) is 12.5 Å². The second-order valence-electron chi connectivity index (χ2n) is 5.16. The molecule has 0 aromatic rings. The standard InChI is InChI=1S/C11H27NSi/c1-8-9-13(6,7)12(10(2)3)11(4)5/h10-11H,8-9H2,1-7H3. The van der Waals surface area contributed by atoms with E-state index in [0.29, 0.717) is 12.1 Å². The Morgan fingerprint density at radius 1 is 1.00 bits per heavy atom. The SMILES string of the molecule is CCC[Si](C)(C)N(C(C)C)C(C)C. The number of rotatable bonds is 5. The summed E-state index contributed by atoms with van der Waals surface area (Å²) in [6.07, 6.45) is 1.33. The molecule has 0 saturated heterocycles. The third kappa shape index (κ3) is 3.82. The van der Waals surface area contributed by atoms with Crippen LogP contribution in [0.3, 0.4) is 0 Å². The predicted molar refractivity (Wildman–Crippen MR) is 64.7 cm³/mol. The van der Waals surface area contributed by atoms with Gasteiger partial charge in [0.1, 0.15) is 8.24 Å². The van der Waals surface area contributed by atoms with Crippen LogP contribution in [-0.2, 0) is 0 Å². The average Bonchev–Trinajstić information content (AvgIpc) is 1.82. The van der Waals surface area contributed by atoms with Gasteiger partial charge in [0, 0.05) is 0 Å². The summed E-state index contributed by atoms with van der Waals surface area (Å²) in [6, 6.07) is 2.82. The zero-order chi connectivity index (χ0) is 10.6. The Balaban J connectivity index is 4.52. The van der Waals surface area contributed by atoms with Gasteiger partial charge in [0.2, 0.25) is 0 Å². The van der Waals surface area contributed by atoms with Crippen LogP contribution in [0.2, 0.25) is 19.1 Å². The van der Waals surface area contributed by atoms with E-state index < -0.39 is 8.24 Å². The molecule has 13 heavy (non-hydrogen) atoms. The second kappa shape index (κ2) is 5.16. The fourth-order valence-corrected chi connectivity index (χ4v) is 7.01. The van der Waals surface area contributed by atoms with Crippen LogP contribution in [0.5, 0.6) is 0 Å². The quantitative estimate of drug-likeness (QED) is 0.613. The highest BCUT2D eigenvalue weighted by molar-refractivity contribution is 6.74. The Hall–Kier alpha value is 0.177. The molecule has 0 aliphatic heterocycles. The Labute approximate surface area is 85.6 Å². The van der Waals surface area contributed by atoms with E-state index in [9.17, 15) is 0 Å². The van der Waals surface area contributed by atoms with E-state index in [4.69, 9.17) is 0 Å². The number of hydrogen-bond acceptors (Lipinski definition) is 1. The molecule has 0 unspecified atom stereocenters. The zero-order valence-electron chi connectivity index (χ0n) is 10.5. The Kier molecular flexibility index (Phi) is 5.23. The molecule has 0 fully saturated rings. The molecule has 0 rings (SSSR count). The second-order valence-corrected chi connectivity index (χ2v) is 9.80. The molecule has 0 radical (unpaired) electrons. The summed E-state index contributed by atoms with van der Waals surface area (Å²) >= 11 is 0. The molecule has 0 aromatic carbocycles. The van der Waals surface area contributed by atoms with Crippen molar-refractivity contribution in [3.05, 3.63) is 0 Å². The third-order valence-electron chi connectivity index (χ3n) is 2.67. The topological polar surface area (TPSA) is 3.24 Å². The summed E-state index contributed by atoms with van der Waals surface area (Å²) in [7, 11) is -1.13. The van der Waals surface area contributed by atoms with Crippen LogP contribution in [0.15, 0.2) is 0 Å². The summed E-state index contributed by atoms with van der Waals surface area (Å²) in [5.41, 5.74) is 0. The van der Waals surface area contributed by atoms with Gasteiger partial charge in [-0.15, -0.1) is 0 Å². The number of hydrogen-bond donors (Lipinski definition) is 0. The molecule has 80 valence electrons. The predicted octanol–water partition coefficient (Wildman–Crippen LogP) is 3.72. The van der Waals surface area contributed by atoms with Gasteiger partial charge in [0.05, 0.1) is 0 Å². The zero-order valence-corrected chi connectivity index (χ0v) is 11.5. The van der Waals surface area contributed by atoms with Gasteiger partial charge >= 0.3 is 0 Å². The molecule has 0 aromatic heterocycles. The van der Waals surface area contributed by atoms with Crippen molar-refractivity contribution in [2.45, 2.75) is 72.3 Å². The average molecular weight is 201 g/mol. The monoisotopic (exact) mass is 201 g/mol. The Morgan fingerprint density at radius 3 is 1.62 bits per heavy atom. The van der Waals surface area contributed by atoms with Crippen LogP contribution < -0.4 is 0 Å². The van der Waals surface area contributed by atoms with Crippen LogP contribution >= 0.6 is 0 Å². The molecule has 0 N–H and O–H groups in total. The molecular weight excluding hydrogens is 174 g/mol. The van der Waals surface area contributed by atoms with Crippen molar-refractivity contribution in [2.75, 3.05) is 0 Å². The van der Waals surface area contributed by atoms with Gasteiger partial charge in [-0.3, -0.25) is 0 Å². The fourth-order valence-electron chi connectivity index (χ4n) is 2.74. The van der Waals surface area contributed by atoms with Crippen LogP contribution in [0.25, 0.3) is 0 Å². The van der Waals surface area contributed by atoms with Gasteiger partial charge in [-0.25, -0.2) is 0 Å². The normalized spacial score (nSPS) is 13.4. The minimum absolute atomic E-state index is 0.702. The van der Waals surface area contributed by atoms with Crippen LogP contribution in [-0.4, -0.2) is 24.9 Å². The molecular formula is C11H27NSi. The van der Waals surface area contributed by atoms with Gasteiger partial charge in [-0.1, -0.05) is 54.1 Å². The summed E-state index contributed by atoms with van der Waals surface area (Å²) in [5.74, 6) is 0. The van der Waals surface area contributed by atoms with E-state index in [-0.39, 0.29) is 0 Å². The van der Waals surface area contributed by atoms with Gasteiger partial charge < -0.3 is 4.57 Å². The Morgan fingerprint density at radius 2 is 1.38 bits per heavy atom. The van der Waals surface area contributed by atoms with Crippen LogP contribution in [0, 0.1) is 0 Å². The lowest BCUT2D eigenvalue weighted by atomic mass is 10.3. The molecule has 0 spiro atoms. The third-order valence-corrected chi connectivity index (χ3v) is 6.83. The number of nitrogens with zero attached hydrogens (tertiary/aromatic N) is 1. The summed E-state index contributed by atoms with van der Waals surface area (Å²) in [4.78, 5) is 0. The minimum atomic E-state index is -1.13. The largest absolute Gasteiger partial charge is 0.319 e. The lowest BCUT2D eigenvalue weighted by Crippen LogP contribution is -2.55. The molecule has 0 bridgehead atoms. The smallest absolute Gasteiger partial charge is 0.122 e. The van der Waals surface area contributed by atoms with Crippen molar-refractivity contribution in [3.63, 3.8) is 0 Å². The summed E-state index contributed by atoms with van der Waals surface area (Å²) < 4.78 is 2.75. The van der Waals surface area contributed by atoms with Crippen molar-refractivity contribution in [3.8, 4) is 0 Å². The lowest BCUT2D eigenvalue weighted by molar-refractivity contribution is 0.293. The molecule has 0 saturated carbocycles. The molecule has 0 heterocycles. The van der Waals surface area contributed by atoms with Crippen molar-refractivity contribution < 1.29 is 0 Å². The lowest BCUT2D eigenvalue weighted by Gasteiger charge is -2.43. The maximum Gasteiger partial charge on any atom is 0.122 e. The molecule has 0 atom stereocenters. The molecule has 0 amide bonds. The first-order valence-electron chi connectivity index (χ1n) is 5.61. The van der Waals surface area contributed by atoms with E-state index in [1.807, 2.05) is 0 Å². The van der Waals surface area contributed by atoms with Crippen molar-refractivity contribution in [1.82, 2.24) is 4.57 Å². The van der Waals surface area contributed by atoms with Gasteiger partial charge in [0.25, 0.3) is 0 Å². The van der Waals surface area contributed by atoms with Crippen LogP contribution in [0.1, 0.15) is 41.0 Å². The highest BCUT2D eigenvalue weighted by Gasteiger charge is 2.31. The maximum atomic E-state index is 2.75. The highest BCUT2D eigenvalue weighted by atomic mass is 28.3. The first kappa shape index (κ1) is 13.2. The summed E-state index contributed by atoms with van der Waals surface area (Å²) in [6.45, 7) is 16.6. The van der Waals surface area contributed by atoms with Crippen LogP contribution in [0.4, 0.5) is 0 Å². The Bertz CT molecular complexity index is 133. The van der Waals surface area contributed by atoms with Gasteiger partial charge in [-0.05, 0) is 18.1 Å². The molecule has 1 nitrogen and oxygen atoms in total. The minimum Gasteiger partial charge on any atom is -0.319 e. The fraction of sp³-hybridized carbons (Fsp3) is 1.00. The first-order valence-corrected chi connectivity index (χ1v) is 8.76. The van der Waals surface area contributed by atoms with Crippen molar-refractivity contribution in [1.29, 1.82) is 0 Å². The molecule has 2 heteroatoms. The summed E-state index contributed by atoms with van der Waals surface area (Å²) in [5, 5.41) is 0. The maximum absolute atomic E-state index is 2.75. The highest BCUT2D eigenvalue weighted by Crippen LogP contribution is 2.22. The van der Waals surface area contributed by atoms with Crippen molar-refractivity contribution >= 4 is 8.24 Å². The van der Waals surface area contributed by atoms with E-state index in [1.54, 1.807) is 0 Å². The van der Waals surface area contributed by atoms with E-state index in [0.717, 1.165) is 0 Å².